The van der Waals surface area contributed by atoms with Gasteiger partial charge in [0.25, 0.3) is 0 Å². The third-order valence-corrected chi connectivity index (χ3v) is 2.07. The fraction of sp³-hybridized carbons (Fsp3) is 0.364. The Balaban J connectivity index is 2.68. The summed E-state index contributed by atoms with van der Waals surface area (Å²) >= 11 is 0. The molecule has 0 saturated carbocycles. The number of nitrogens with two attached hydrogens (primary N) is 1. The van der Waals surface area contributed by atoms with Crippen molar-refractivity contribution in [3.05, 3.63) is 24.0 Å². The van der Waals surface area contributed by atoms with Crippen LogP contribution >= 0.6 is 0 Å². The molecule has 0 spiro atoms. The first kappa shape index (κ1) is 11.5. The summed E-state index contributed by atoms with van der Waals surface area (Å²) in [6.45, 7) is 1.99. The highest BCUT2D eigenvalue weighted by Crippen LogP contribution is 2.21. The second-order valence-corrected chi connectivity index (χ2v) is 3.36. The van der Waals surface area contributed by atoms with Crippen molar-refractivity contribution in [3.63, 3.8) is 0 Å². The maximum absolute atomic E-state index is 13.2. The van der Waals surface area contributed by atoms with Gasteiger partial charge >= 0.3 is 0 Å². The first-order valence-electron chi connectivity index (χ1n) is 4.99. The Morgan fingerprint density at radius 1 is 1.53 bits per heavy atom. The van der Waals surface area contributed by atoms with Crippen LogP contribution in [0.1, 0.15) is 26.2 Å². The van der Waals surface area contributed by atoms with E-state index in [9.17, 15) is 9.18 Å². The van der Waals surface area contributed by atoms with Crippen LogP contribution in [0.15, 0.2) is 18.2 Å². The number of nitrogens with one attached hydrogen (secondary N) is 1. The van der Waals surface area contributed by atoms with E-state index in [1.165, 1.54) is 12.1 Å². The van der Waals surface area contributed by atoms with Gasteiger partial charge in [0.1, 0.15) is 11.5 Å². The maximum atomic E-state index is 13.2. The standard InChI is InChI=1S/C11H15FN2O/c1-2-3-7-10(15)14-11-8(12)5-4-6-9(11)13/h4-6H,2-3,7,13H2,1H3,(H,14,15). The quantitative estimate of drug-likeness (QED) is 0.750. The minimum atomic E-state index is -0.500. The van der Waals surface area contributed by atoms with Gasteiger partial charge in [-0.1, -0.05) is 19.4 Å². The van der Waals surface area contributed by atoms with Gasteiger partial charge < -0.3 is 11.1 Å². The number of carbonyl (C=O) groups excluding carboxylic acids is 1. The third kappa shape index (κ3) is 3.23. The SMILES string of the molecule is CCCCC(=O)Nc1c(N)cccc1F. The molecule has 1 rings (SSSR count). The summed E-state index contributed by atoms with van der Waals surface area (Å²) in [6.07, 6.45) is 2.12. The zero-order valence-corrected chi connectivity index (χ0v) is 8.72. The minimum Gasteiger partial charge on any atom is -0.397 e. The zero-order chi connectivity index (χ0) is 11.3. The highest BCUT2D eigenvalue weighted by Gasteiger charge is 2.08. The third-order valence-electron chi connectivity index (χ3n) is 2.07. The number of unbranched alkanes of at least 4 members (excludes halogenated alkanes) is 1. The Morgan fingerprint density at radius 2 is 2.27 bits per heavy atom. The molecule has 82 valence electrons. The number of carbonyl (C=O) groups is 1. The lowest BCUT2D eigenvalue weighted by molar-refractivity contribution is -0.116. The summed E-state index contributed by atoms with van der Waals surface area (Å²) < 4.78 is 13.2. The van der Waals surface area contributed by atoms with Gasteiger partial charge in [0.15, 0.2) is 0 Å². The van der Waals surface area contributed by atoms with E-state index in [1.807, 2.05) is 6.92 Å². The second-order valence-electron chi connectivity index (χ2n) is 3.36. The van der Waals surface area contributed by atoms with E-state index < -0.39 is 5.82 Å². The highest BCUT2D eigenvalue weighted by atomic mass is 19.1. The first-order valence-corrected chi connectivity index (χ1v) is 4.99. The van der Waals surface area contributed by atoms with E-state index in [-0.39, 0.29) is 17.3 Å². The Morgan fingerprint density at radius 3 is 2.87 bits per heavy atom. The molecule has 0 aliphatic rings. The minimum absolute atomic E-state index is 0.0820. The van der Waals surface area contributed by atoms with Gasteiger partial charge in [-0.15, -0.1) is 0 Å². The van der Waals surface area contributed by atoms with Crippen molar-refractivity contribution in [1.29, 1.82) is 0 Å². The molecule has 0 aromatic heterocycles. The Bertz CT molecular complexity index is 332. The molecule has 0 atom stereocenters. The predicted molar refractivity (Wildman–Crippen MR) is 59.0 cm³/mol. The smallest absolute Gasteiger partial charge is 0.224 e. The van der Waals surface area contributed by atoms with Crippen molar-refractivity contribution in [2.45, 2.75) is 26.2 Å². The molecule has 0 saturated heterocycles. The number of nitrogen functional groups attached to an aromatic ring is 1. The van der Waals surface area contributed by atoms with Crippen LogP contribution in [-0.2, 0) is 4.79 Å². The average Bonchev–Trinajstić information content (AvgIpc) is 2.21. The van der Waals surface area contributed by atoms with Crippen molar-refractivity contribution in [2.24, 2.45) is 0 Å². The summed E-state index contributed by atoms with van der Waals surface area (Å²) in [5.74, 6) is -0.700. The van der Waals surface area contributed by atoms with Gasteiger partial charge in [-0.3, -0.25) is 4.79 Å². The van der Waals surface area contributed by atoms with E-state index in [4.69, 9.17) is 5.73 Å². The molecular formula is C11H15FN2O. The molecule has 0 heterocycles. The molecule has 0 fully saturated rings. The number of hydrogen-bond donors (Lipinski definition) is 2. The van der Waals surface area contributed by atoms with Crippen molar-refractivity contribution in [3.8, 4) is 0 Å². The summed E-state index contributed by atoms with van der Waals surface area (Å²) in [5, 5.41) is 2.47. The van der Waals surface area contributed by atoms with Gasteiger partial charge in [-0.05, 0) is 18.6 Å². The monoisotopic (exact) mass is 210 g/mol. The van der Waals surface area contributed by atoms with Crippen molar-refractivity contribution < 1.29 is 9.18 Å². The van der Waals surface area contributed by atoms with E-state index in [1.54, 1.807) is 6.07 Å². The molecular weight excluding hydrogens is 195 g/mol. The highest BCUT2D eigenvalue weighted by molar-refractivity contribution is 5.93. The number of hydrogen-bond acceptors (Lipinski definition) is 2. The molecule has 4 heteroatoms. The van der Waals surface area contributed by atoms with Crippen molar-refractivity contribution >= 4 is 17.3 Å². The number of para-hydroxylation sites is 1. The van der Waals surface area contributed by atoms with Crippen LogP contribution in [0.3, 0.4) is 0 Å². The molecule has 3 N–H and O–H groups in total. The van der Waals surface area contributed by atoms with E-state index in [0.717, 1.165) is 12.8 Å². The lowest BCUT2D eigenvalue weighted by atomic mass is 10.2. The Labute approximate surface area is 88.5 Å². The molecule has 0 unspecified atom stereocenters. The molecule has 1 amide bonds. The summed E-state index contributed by atoms with van der Waals surface area (Å²) in [7, 11) is 0. The molecule has 3 nitrogen and oxygen atoms in total. The Kier molecular flexibility index (Phi) is 4.09. The number of benzene rings is 1. The molecule has 15 heavy (non-hydrogen) atoms. The van der Waals surface area contributed by atoms with Crippen LogP contribution in [0.2, 0.25) is 0 Å². The van der Waals surface area contributed by atoms with E-state index in [0.29, 0.717) is 6.42 Å². The fourth-order valence-corrected chi connectivity index (χ4v) is 1.21. The van der Waals surface area contributed by atoms with Crippen LogP contribution < -0.4 is 11.1 Å². The van der Waals surface area contributed by atoms with Crippen molar-refractivity contribution in [1.82, 2.24) is 0 Å². The number of amides is 1. The maximum Gasteiger partial charge on any atom is 0.224 e. The second kappa shape index (κ2) is 5.34. The van der Waals surface area contributed by atoms with Gasteiger partial charge in [0, 0.05) is 6.42 Å². The van der Waals surface area contributed by atoms with Crippen LogP contribution in [0.25, 0.3) is 0 Å². The molecule has 0 aliphatic carbocycles. The molecule has 0 radical (unpaired) electrons. The largest absolute Gasteiger partial charge is 0.397 e. The van der Waals surface area contributed by atoms with E-state index in [2.05, 4.69) is 5.32 Å². The number of anilines is 2. The fourth-order valence-electron chi connectivity index (χ4n) is 1.21. The van der Waals surface area contributed by atoms with Gasteiger partial charge in [0.05, 0.1) is 5.69 Å². The van der Waals surface area contributed by atoms with Gasteiger partial charge in [-0.2, -0.15) is 0 Å². The van der Waals surface area contributed by atoms with Crippen molar-refractivity contribution in [2.75, 3.05) is 11.1 Å². The Hall–Kier alpha value is -1.58. The lowest BCUT2D eigenvalue weighted by Crippen LogP contribution is -2.13. The molecule has 0 bridgehead atoms. The average molecular weight is 210 g/mol. The molecule has 0 aliphatic heterocycles. The van der Waals surface area contributed by atoms with Crippen LogP contribution in [0, 0.1) is 5.82 Å². The number of rotatable bonds is 4. The van der Waals surface area contributed by atoms with Crippen LogP contribution in [0.4, 0.5) is 15.8 Å². The van der Waals surface area contributed by atoms with Gasteiger partial charge in [-0.25, -0.2) is 4.39 Å². The summed E-state index contributed by atoms with van der Waals surface area (Å²) in [6, 6.07) is 4.33. The predicted octanol–water partition coefficient (Wildman–Crippen LogP) is 2.54. The topological polar surface area (TPSA) is 55.1 Å². The van der Waals surface area contributed by atoms with E-state index >= 15 is 0 Å². The molecule has 1 aromatic rings. The summed E-state index contributed by atoms with van der Waals surface area (Å²) in [5.41, 5.74) is 5.88. The lowest BCUT2D eigenvalue weighted by Gasteiger charge is -2.08. The molecule has 1 aromatic carbocycles. The van der Waals surface area contributed by atoms with Crippen LogP contribution in [-0.4, -0.2) is 5.91 Å². The number of halogens is 1. The van der Waals surface area contributed by atoms with Gasteiger partial charge in [0.2, 0.25) is 5.91 Å². The zero-order valence-electron chi connectivity index (χ0n) is 8.72. The summed E-state index contributed by atoms with van der Waals surface area (Å²) in [4.78, 5) is 11.3. The van der Waals surface area contributed by atoms with Crippen LogP contribution in [0.5, 0.6) is 0 Å². The first-order chi connectivity index (χ1) is 7.15. The normalized spacial score (nSPS) is 10.0.